The first kappa shape index (κ1) is 21.4. The Balaban J connectivity index is 2.20. The van der Waals surface area contributed by atoms with Crippen molar-refractivity contribution in [2.45, 2.75) is 53.1 Å². The predicted octanol–water partition coefficient (Wildman–Crippen LogP) is 3.90. The molecule has 2 aromatic rings. The summed E-state index contributed by atoms with van der Waals surface area (Å²) in [4.78, 5) is 40.6. The van der Waals surface area contributed by atoms with Crippen molar-refractivity contribution in [1.29, 1.82) is 0 Å². The Morgan fingerprint density at radius 3 is 2.29 bits per heavy atom. The van der Waals surface area contributed by atoms with E-state index in [-0.39, 0.29) is 12.3 Å². The van der Waals surface area contributed by atoms with Gasteiger partial charge in [-0.3, -0.25) is 9.59 Å². The van der Waals surface area contributed by atoms with Gasteiger partial charge in [-0.1, -0.05) is 30.3 Å². The smallest absolute Gasteiger partial charge is 0.340 e. The van der Waals surface area contributed by atoms with E-state index in [1.165, 1.54) is 6.92 Å². The van der Waals surface area contributed by atoms with Gasteiger partial charge in [-0.2, -0.15) is 0 Å². The van der Waals surface area contributed by atoms with Gasteiger partial charge < -0.3 is 14.5 Å². The lowest BCUT2D eigenvalue weighted by Crippen LogP contribution is -2.36. The van der Waals surface area contributed by atoms with Gasteiger partial charge in [0.1, 0.15) is 0 Å². The molecule has 0 aliphatic carbocycles. The van der Waals surface area contributed by atoms with Crippen LogP contribution in [0.4, 0.5) is 0 Å². The fourth-order valence-electron chi connectivity index (χ4n) is 3.04. The van der Waals surface area contributed by atoms with Crippen LogP contribution >= 0.6 is 0 Å². The number of aromatic amines is 1. The van der Waals surface area contributed by atoms with Crippen molar-refractivity contribution in [2.75, 3.05) is 6.61 Å². The molecule has 1 aromatic carbocycles. The molecule has 0 spiro atoms. The number of aromatic nitrogens is 1. The molecule has 0 amide bonds. The molecule has 1 heterocycles. The van der Waals surface area contributed by atoms with Gasteiger partial charge in [-0.15, -0.1) is 0 Å². The molecule has 6 nitrogen and oxygen atoms in total. The van der Waals surface area contributed by atoms with E-state index in [4.69, 9.17) is 9.47 Å². The van der Waals surface area contributed by atoms with E-state index >= 15 is 0 Å². The van der Waals surface area contributed by atoms with Crippen molar-refractivity contribution in [3.63, 3.8) is 0 Å². The highest BCUT2D eigenvalue weighted by Gasteiger charge is 2.35. The number of Topliss-reactive ketones (excluding diaryl/α,β-unsaturated/α-hetero) is 1. The molecule has 1 atom stereocenters. The molecule has 0 aliphatic heterocycles. The third-order valence-corrected chi connectivity index (χ3v) is 4.82. The maximum atomic E-state index is 12.8. The number of rotatable bonds is 7. The van der Waals surface area contributed by atoms with Crippen molar-refractivity contribution >= 4 is 17.7 Å². The van der Waals surface area contributed by atoms with Gasteiger partial charge in [0, 0.05) is 5.69 Å². The van der Waals surface area contributed by atoms with Crippen LogP contribution in [-0.2, 0) is 19.7 Å². The zero-order valence-electron chi connectivity index (χ0n) is 17.2. The summed E-state index contributed by atoms with van der Waals surface area (Å²) < 4.78 is 10.5. The molecule has 0 saturated carbocycles. The largest absolute Gasteiger partial charge is 0.462 e. The maximum absolute atomic E-state index is 12.8. The Morgan fingerprint density at radius 2 is 1.71 bits per heavy atom. The van der Waals surface area contributed by atoms with Crippen molar-refractivity contribution in [3.8, 4) is 0 Å². The van der Waals surface area contributed by atoms with E-state index in [1.54, 1.807) is 34.6 Å². The summed E-state index contributed by atoms with van der Waals surface area (Å²) >= 11 is 0. The highest BCUT2D eigenvalue weighted by molar-refractivity contribution is 6.04. The molecular weight excluding hydrogens is 358 g/mol. The summed E-state index contributed by atoms with van der Waals surface area (Å²) in [5.41, 5.74) is 1.53. The van der Waals surface area contributed by atoms with Crippen LogP contribution in [0.1, 0.15) is 65.4 Å². The minimum Gasteiger partial charge on any atom is -0.462 e. The van der Waals surface area contributed by atoms with Gasteiger partial charge in [0.05, 0.1) is 23.3 Å². The molecule has 1 aromatic heterocycles. The second-order valence-electron chi connectivity index (χ2n) is 7.25. The lowest BCUT2D eigenvalue weighted by atomic mass is 9.85. The molecule has 0 unspecified atom stereocenters. The molecule has 1 N–H and O–H groups in total. The average Bonchev–Trinajstić information content (AvgIpc) is 2.96. The van der Waals surface area contributed by atoms with Gasteiger partial charge >= 0.3 is 11.9 Å². The van der Waals surface area contributed by atoms with E-state index in [1.807, 2.05) is 30.3 Å². The van der Waals surface area contributed by atoms with Gasteiger partial charge in [-0.05, 0) is 52.7 Å². The first-order valence-electron chi connectivity index (χ1n) is 9.28. The summed E-state index contributed by atoms with van der Waals surface area (Å²) in [5.74, 6) is -1.37. The average molecular weight is 385 g/mol. The van der Waals surface area contributed by atoms with Crippen LogP contribution in [0.2, 0.25) is 0 Å². The molecule has 2 rings (SSSR count). The maximum Gasteiger partial charge on any atom is 0.340 e. The zero-order chi connectivity index (χ0) is 21.1. The molecular formula is C22H27NO5. The number of hydrogen-bond acceptors (Lipinski definition) is 5. The van der Waals surface area contributed by atoms with E-state index in [0.29, 0.717) is 16.8 Å². The Kier molecular flexibility index (Phi) is 6.44. The second kappa shape index (κ2) is 8.42. The van der Waals surface area contributed by atoms with Gasteiger partial charge in [0.2, 0.25) is 5.78 Å². The van der Waals surface area contributed by atoms with E-state index in [9.17, 15) is 14.4 Å². The monoisotopic (exact) mass is 385 g/mol. The lowest BCUT2D eigenvalue weighted by molar-refractivity contribution is -0.152. The number of benzene rings is 1. The fourth-order valence-corrected chi connectivity index (χ4v) is 3.04. The number of nitrogens with one attached hydrogen (secondary N) is 1. The standard InChI is InChI=1S/C22H27NO5/c1-7-27-20(25)17-13(2)18(23-14(17)3)19(24)15(4)28-21(26)22(5,6)16-11-9-8-10-12-16/h8-12,15,23H,7H2,1-6H3/t15-/m0/s1. The van der Waals surface area contributed by atoms with Gasteiger partial charge in [0.25, 0.3) is 0 Å². The van der Waals surface area contributed by atoms with Crippen LogP contribution in [0.5, 0.6) is 0 Å². The third-order valence-electron chi connectivity index (χ3n) is 4.82. The number of carbonyl (C=O) groups excluding carboxylic acids is 3. The summed E-state index contributed by atoms with van der Waals surface area (Å²) in [5, 5.41) is 0. The number of ketones is 1. The Bertz CT molecular complexity index is 880. The number of aryl methyl sites for hydroxylation is 1. The molecule has 0 aliphatic rings. The topological polar surface area (TPSA) is 85.5 Å². The van der Waals surface area contributed by atoms with Crippen molar-refractivity contribution in [3.05, 3.63) is 58.4 Å². The van der Waals surface area contributed by atoms with Crippen LogP contribution < -0.4 is 0 Å². The Morgan fingerprint density at radius 1 is 1.11 bits per heavy atom. The lowest BCUT2D eigenvalue weighted by Gasteiger charge is -2.25. The van der Waals surface area contributed by atoms with Crippen LogP contribution in [-0.4, -0.2) is 35.4 Å². The highest BCUT2D eigenvalue weighted by Crippen LogP contribution is 2.26. The van der Waals surface area contributed by atoms with Gasteiger partial charge in [-0.25, -0.2) is 4.79 Å². The summed E-state index contributed by atoms with van der Waals surface area (Å²) in [6.07, 6.45) is -0.998. The van der Waals surface area contributed by atoms with E-state index in [2.05, 4.69) is 4.98 Å². The first-order chi connectivity index (χ1) is 13.1. The molecule has 28 heavy (non-hydrogen) atoms. The molecule has 0 radical (unpaired) electrons. The molecule has 6 heteroatoms. The predicted molar refractivity (Wildman–Crippen MR) is 106 cm³/mol. The van der Waals surface area contributed by atoms with E-state index < -0.39 is 29.2 Å². The zero-order valence-corrected chi connectivity index (χ0v) is 17.2. The summed E-state index contributed by atoms with van der Waals surface area (Å²) in [7, 11) is 0. The summed E-state index contributed by atoms with van der Waals surface area (Å²) in [6, 6.07) is 9.26. The second-order valence-corrected chi connectivity index (χ2v) is 7.25. The third kappa shape index (κ3) is 4.16. The van der Waals surface area contributed by atoms with E-state index in [0.717, 1.165) is 5.56 Å². The molecule has 0 saturated heterocycles. The van der Waals surface area contributed by atoms with Crippen LogP contribution in [0.3, 0.4) is 0 Å². The number of esters is 2. The van der Waals surface area contributed by atoms with Crippen LogP contribution in [0, 0.1) is 13.8 Å². The summed E-state index contributed by atoms with van der Waals surface area (Å²) in [6.45, 7) is 10.4. The SMILES string of the molecule is CCOC(=O)c1c(C)[nH]c(C(=O)[C@H](C)OC(=O)C(C)(C)c2ccccc2)c1C. The molecule has 0 fully saturated rings. The highest BCUT2D eigenvalue weighted by atomic mass is 16.5. The molecule has 0 bridgehead atoms. The Hall–Kier alpha value is -2.89. The van der Waals surface area contributed by atoms with Crippen LogP contribution in [0.25, 0.3) is 0 Å². The first-order valence-corrected chi connectivity index (χ1v) is 9.28. The minimum absolute atomic E-state index is 0.245. The number of H-pyrrole nitrogens is 1. The van der Waals surface area contributed by atoms with Crippen molar-refractivity contribution in [2.24, 2.45) is 0 Å². The molecule has 150 valence electrons. The number of hydrogen-bond donors (Lipinski definition) is 1. The fraction of sp³-hybridized carbons (Fsp3) is 0.409. The van der Waals surface area contributed by atoms with Crippen molar-refractivity contribution < 1.29 is 23.9 Å². The minimum atomic E-state index is -0.998. The van der Waals surface area contributed by atoms with Crippen LogP contribution in [0.15, 0.2) is 30.3 Å². The van der Waals surface area contributed by atoms with Crippen molar-refractivity contribution in [1.82, 2.24) is 4.98 Å². The normalized spacial score (nSPS) is 12.4. The number of ether oxygens (including phenoxy) is 2. The van der Waals surface area contributed by atoms with Gasteiger partial charge in [0.15, 0.2) is 6.10 Å². The quantitative estimate of drug-likeness (QED) is 0.577. The Labute approximate surface area is 165 Å². The number of carbonyl (C=O) groups is 3.